The molecule has 0 spiro atoms. The third-order valence-corrected chi connectivity index (χ3v) is 3.93. The molecule has 1 amide bonds. The molecule has 6 nitrogen and oxygen atoms in total. The van der Waals surface area contributed by atoms with Crippen molar-refractivity contribution in [1.82, 2.24) is 0 Å². The second-order valence-electron chi connectivity index (χ2n) is 4.10. The van der Waals surface area contributed by atoms with E-state index < -0.39 is 39.6 Å². The number of amides is 1. The molecule has 1 rings (SSSR count). The number of sulfone groups is 1. The van der Waals surface area contributed by atoms with Gasteiger partial charge >= 0.3 is 5.97 Å². The Hall–Kier alpha value is -1.89. The molecular formula is C12H15NO5S. The van der Waals surface area contributed by atoms with Gasteiger partial charge in [0.25, 0.3) is 0 Å². The Bertz CT molecular complexity index is 580. The highest BCUT2D eigenvalue weighted by atomic mass is 32.2. The number of carboxylic acids is 1. The van der Waals surface area contributed by atoms with Gasteiger partial charge in [0, 0.05) is 5.69 Å². The fourth-order valence-corrected chi connectivity index (χ4v) is 2.52. The van der Waals surface area contributed by atoms with Crippen molar-refractivity contribution in [2.45, 2.75) is 13.3 Å². The van der Waals surface area contributed by atoms with E-state index in [1.165, 1.54) is 0 Å². The molecule has 1 aromatic rings. The van der Waals surface area contributed by atoms with Crippen molar-refractivity contribution in [3.05, 3.63) is 29.8 Å². The molecule has 0 aliphatic carbocycles. The van der Waals surface area contributed by atoms with Gasteiger partial charge in [0.1, 0.15) is 5.75 Å². The van der Waals surface area contributed by atoms with Crippen LogP contribution in [-0.2, 0) is 19.4 Å². The highest BCUT2D eigenvalue weighted by Gasteiger charge is 2.18. The first-order valence-corrected chi connectivity index (χ1v) is 7.40. The molecule has 2 N–H and O–H groups in total. The van der Waals surface area contributed by atoms with Crippen molar-refractivity contribution >= 4 is 27.4 Å². The van der Waals surface area contributed by atoms with Crippen molar-refractivity contribution in [2.24, 2.45) is 0 Å². The predicted octanol–water partition coefficient (Wildman–Crippen LogP) is 0.823. The number of aliphatic carboxylic acids is 1. The first-order chi connectivity index (χ1) is 8.80. The fraction of sp³-hybridized carbons (Fsp3) is 0.333. The largest absolute Gasteiger partial charge is 0.481 e. The molecule has 7 heteroatoms. The summed E-state index contributed by atoms with van der Waals surface area (Å²) < 4.78 is 23.0. The van der Waals surface area contributed by atoms with Crippen LogP contribution in [-0.4, -0.2) is 36.9 Å². The summed E-state index contributed by atoms with van der Waals surface area (Å²) in [7, 11) is -3.70. The van der Waals surface area contributed by atoms with E-state index in [2.05, 4.69) is 5.32 Å². The molecule has 0 heterocycles. The smallest absolute Gasteiger partial charge is 0.304 e. The lowest BCUT2D eigenvalue weighted by molar-refractivity contribution is -0.136. The maximum atomic E-state index is 11.6. The predicted molar refractivity (Wildman–Crippen MR) is 70.7 cm³/mol. The first-order valence-electron chi connectivity index (χ1n) is 5.58. The Morgan fingerprint density at radius 3 is 2.47 bits per heavy atom. The van der Waals surface area contributed by atoms with Gasteiger partial charge in [-0.2, -0.15) is 0 Å². The maximum absolute atomic E-state index is 11.6. The van der Waals surface area contributed by atoms with Gasteiger partial charge in [0.15, 0.2) is 9.84 Å². The van der Waals surface area contributed by atoms with Gasteiger partial charge in [-0.05, 0) is 18.6 Å². The number of nitrogens with one attached hydrogen (secondary N) is 1. The Labute approximate surface area is 111 Å². The van der Waals surface area contributed by atoms with Gasteiger partial charge in [0.05, 0.1) is 12.2 Å². The number of para-hydroxylation sites is 1. The van der Waals surface area contributed by atoms with Crippen LogP contribution in [0.3, 0.4) is 0 Å². The molecule has 0 bridgehead atoms. The summed E-state index contributed by atoms with van der Waals surface area (Å²) >= 11 is 0. The summed E-state index contributed by atoms with van der Waals surface area (Å²) in [5, 5.41) is 10.9. The van der Waals surface area contributed by atoms with E-state index in [1.54, 1.807) is 31.2 Å². The maximum Gasteiger partial charge on any atom is 0.304 e. The van der Waals surface area contributed by atoms with Crippen LogP contribution < -0.4 is 5.32 Å². The summed E-state index contributed by atoms with van der Waals surface area (Å²) in [5.74, 6) is -3.12. The monoisotopic (exact) mass is 285 g/mol. The Kier molecular flexibility index (Phi) is 5.05. The Morgan fingerprint density at radius 1 is 1.26 bits per heavy atom. The zero-order valence-electron chi connectivity index (χ0n) is 10.4. The van der Waals surface area contributed by atoms with Crippen molar-refractivity contribution in [2.75, 3.05) is 16.8 Å². The van der Waals surface area contributed by atoms with Crippen LogP contribution in [0.1, 0.15) is 12.0 Å². The van der Waals surface area contributed by atoms with Crippen LogP contribution in [0.15, 0.2) is 24.3 Å². The van der Waals surface area contributed by atoms with Crippen LogP contribution >= 0.6 is 0 Å². The topological polar surface area (TPSA) is 101 Å². The fourth-order valence-electron chi connectivity index (χ4n) is 1.41. The summed E-state index contributed by atoms with van der Waals surface area (Å²) in [6.07, 6.45) is -0.500. The molecule has 0 atom stereocenters. The number of carbonyl (C=O) groups excluding carboxylic acids is 1. The lowest BCUT2D eigenvalue weighted by Gasteiger charge is -2.08. The number of hydrogen-bond acceptors (Lipinski definition) is 4. The molecule has 0 aliphatic heterocycles. The second-order valence-corrected chi connectivity index (χ2v) is 6.28. The van der Waals surface area contributed by atoms with Crippen LogP contribution in [0.5, 0.6) is 0 Å². The molecule has 0 radical (unpaired) electrons. The number of rotatable bonds is 6. The molecule has 0 saturated heterocycles. The molecule has 0 saturated carbocycles. The van der Waals surface area contributed by atoms with E-state index in [1.807, 2.05) is 0 Å². The van der Waals surface area contributed by atoms with Crippen LogP contribution in [0, 0.1) is 6.92 Å². The van der Waals surface area contributed by atoms with Crippen molar-refractivity contribution in [3.8, 4) is 0 Å². The van der Waals surface area contributed by atoms with Crippen LogP contribution in [0.2, 0.25) is 0 Å². The number of carbonyl (C=O) groups is 2. The van der Waals surface area contributed by atoms with E-state index in [9.17, 15) is 18.0 Å². The van der Waals surface area contributed by atoms with Gasteiger partial charge in [-0.25, -0.2) is 8.42 Å². The summed E-state index contributed by atoms with van der Waals surface area (Å²) in [6.45, 7) is 1.79. The minimum Gasteiger partial charge on any atom is -0.481 e. The minimum atomic E-state index is -3.70. The molecule has 0 aliphatic rings. The Morgan fingerprint density at radius 2 is 1.89 bits per heavy atom. The van der Waals surface area contributed by atoms with E-state index in [0.717, 1.165) is 5.56 Å². The highest BCUT2D eigenvalue weighted by Crippen LogP contribution is 2.13. The average Bonchev–Trinajstić information content (AvgIpc) is 2.29. The first kappa shape index (κ1) is 15.2. The summed E-state index contributed by atoms with van der Waals surface area (Å²) in [6, 6.07) is 6.97. The van der Waals surface area contributed by atoms with Crippen LogP contribution in [0.25, 0.3) is 0 Å². The lowest BCUT2D eigenvalue weighted by atomic mass is 10.2. The highest BCUT2D eigenvalue weighted by molar-refractivity contribution is 7.92. The molecule has 0 unspecified atom stereocenters. The van der Waals surface area contributed by atoms with E-state index in [0.29, 0.717) is 5.69 Å². The quantitative estimate of drug-likeness (QED) is 0.806. The van der Waals surface area contributed by atoms with Gasteiger partial charge in [-0.3, -0.25) is 9.59 Å². The SMILES string of the molecule is Cc1ccccc1NC(=O)CS(=O)(=O)CCC(=O)O. The third kappa shape index (κ3) is 5.52. The number of benzene rings is 1. The average molecular weight is 285 g/mol. The lowest BCUT2D eigenvalue weighted by Crippen LogP contribution is -2.25. The molecule has 0 aromatic heterocycles. The van der Waals surface area contributed by atoms with E-state index >= 15 is 0 Å². The molecule has 19 heavy (non-hydrogen) atoms. The van der Waals surface area contributed by atoms with Gasteiger partial charge in [-0.1, -0.05) is 18.2 Å². The second kappa shape index (κ2) is 6.33. The van der Waals surface area contributed by atoms with Crippen molar-refractivity contribution < 1.29 is 23.1 Å². The molecule has 104 valence electrons. The van der Waals surface area contributed by atoms with Gasteiger partial charge in [-0.15, -0.1) is 0 Å². The van der Waals surface area contributed by atoms with Gasteiger partial charge < -0.3 is 10.4 Å². The zero-order chi connectivity index (χ0) is 14.5. The van der Waals surface area contributed by atoms with Crippen molar-refractivity contribution in [1.29, 1.82) is 0 Å². The number of carboxylic acid groups (broad SMARTS) is 1. The number of anilines is 1. The summed E-state index contributed by atoms with van der Waals surface area (Å²) in [5.41, 5.74) is 1.36. The third-order valence-electron chi connectivity index (χ3n) is 2.40. The zero-order valence-corrected chi connectivity index (χ0v) is 11.2. The van der Waals surface area contributed by atoms with Gasteiger partial charge in [0.2, 0.25) is 5.91 Å². The van der Waals surface area contributed by atoms with Crippen LogP contribution in [0.4, 0.5) is 5.69 Å². The normalized spacial score (nSPS) is 11.0. The molecule has 1 aromatic carbocycles. The molecular weight excluding hydrogens is 270 g/mol. The Balaban J connectivity index is 2.61. The van der Waals surface area contributed by atoms with E-state index in [4.69, 9.17) is 5.11 Å². The standard InChI is InChI=1S/C12H15NO5S/c1-9-4-2-3-5-10(9)13-11(14)8-19(17,18)7-6-12(15)16/h2-5H,6-8H2,1H3,(H,13,14)(H,15,16). The summed E-state index contributed by atoms with van der Waals surface area (Å²) in [4.78, 5) is 21.9. The minimum absolute atomic E-state index is 0.500. The van der Waals surface area contributed by atoms with Crippen molar-refractivity contribution in [3.63, 3.8) is 0 Å². The number of hydrogen-bond donors (Lipinski definition) is 2. The molecule has 0 fully saturated rings. The number of aryl methyl sites for hydroxylation is 1. The van der Waals surface area contributed by atoms with E-state index in [-0.39, 0.29) is 0 Å².